The number of carbonyl (C=O) groups excluding carboxylic acids is 1. The van der Waals surface area contributed by atoms with Gasteiger partial charge in [0, 0.05) is 57.1 Å². The summed E-state index contributed by atoms with van der Waals surface area (Å²) in [6, 6.07) is 16.7. The van der Waals surface area contributed by atoms with Crippen molar-refractivity contribution in [2.24, 2.45) is 0 Å². The highest BCUT2D eigenvalue weighted by Crippen LogP contribution is 2.19. The maximum absolute atomic E-state index is 12.8. The molecule has 2 saturated heterocycles. The monoisotopic (exact) mass is 472 g/mol. The molecule has 8 nitrogen and oxygen atoms in total. The molecule has 2 fully saturated rings. The third-order valence-electron chi connectivity index (χ3n) is 6.13. The van der Waals surface area contributed by atoms with Crippen LogP contribution in [0.25, 0.3) is 0 Å². The lowest BCUT2D eigenvalue weighted by atomic mass is 10.2. The van der Waals surface area contributed by atoms with Crippen LogP contribution in [0.15, 0.2) is 59.5 Å². The summed E-state index contributed by atoms with van der Waals surface area (Å²) in [6.45, 7) is 6.93. The number of amides is 1. The molecule has 4 rings (SSSR count). The van der Waals surface area contributed by atoms with Gasteiger partial charge in [0.1, 0.15) is 0 Å². The van der Waals surface area contributed by atoms with Crippen LogP contribution < -0.4 is 10.2 Å². The van der Waals surface area contributed by atoms with Crippen molar-refractivity contribution in [3.63, 3.8) is 0 Å². The molecule has 9 heteroatoms. The number of hydrogen-bond acceptors (Lipinski definition) is 6. The Kier molecular flexibility index (Phi) is 7.97. The quantitative estimate of drug-likeness (QED) is 0.589. The van der Waals surface area contributed by atoms with Gasteiger partial charge in [0.2, 0.25) is 10.0 Å². The van der Waals surface area contributed by atoms with Gasteiger partial charge in [-0.05, 0) is 43.3 Å². The van der Waals surface area contributed by atoms with E-state index < -0.39 is 10.0 Å². The van der Waals surface area contributed by atoms with Crippen LogP contribution in [0.2, 0.25) is 0 Å². The van der Waals surface area contributed by atoms with E-state index in [0.29, 0.717) is 38.4 Å². The Morgan fingerprint density at radius 3 is 2.36 bits per heavy atom. The summed E-state index contributed by atoms with van der Waals surface area (Å²) >= 11 is 0. The zero-order chi connectivity index (χ0) is 23.1. The lowest BCUT2D eigenvalue weighted by molar-refractivity contribution is 0.0730. The first-order chi connectivity index (χ1) is 16.0. The molecule has 2 aliphatic heterocycles. The van der Waals surface area contributed by atoms with Gasteiger partial charge in [0.15, 0.2) is 0 Å². The van der Waals surface area contributed by atoms with Gasteiger partial charge in [-0.3, -0.25) is 9.69 Å². The molecule has 0 atom stereocenters. The van der Waals surface area contributed by atoms with Crippen LogP contribution in [0.1, 0.15) is 16.8 Å². The minimum Gasteiger partial charge on any atom is -0.379 e. The maximum Gasteiger partial charge on any atom is 0.251 e. The molecule has 0 radical (unpaired) electrons. The highest BCUT2D eigenvalue weighted by Gasteiger charge is 2.27. The number of morpholine rings is 1. The van der Waals surface area contributed by atoms with E-state index >= 15 is 0 Å². The predicted octanol–water partition coefficient (Wildman–Crippen LogP) is 1.65. The van der Waals surface area contributed by atoms with Crippen LogP contribution in [-0.2, 0) is 14.8 Å². The van der Waals surface area contributed by atoms with Gasteiger partial charge in [-0.2, -0.15) is 4.31 Å². The van der Waals surface area contributed by atoms with Crippen LogP contribution in [0.5, 0.6) is 0 Å². The second kappa shape index (κ2) is 11.1. The summed E-state index contributed by atoms with van der Waals surface area (Å²) < 4.78 is 32.3. The fourth-order valence-electron chi connectivity index (χ4n) is 4.21. The zero-order valence-corrected chi connectivity index (χ0v) is 19.7. The fraction of sp³-hybridized carbons (Fsp3) is 0.458. The highest BCUT2D eigenvalue weighted by atomic mass is 32.2. The van der Waals surface area contributed by atoms with Gasteiger partial charge < -0.3 is 15.0 Å². The lowest BCUT2D eigenvalue weighted by Crippen LogP contribution is -2.47. The first-order valence-electron chi connectivity index (χ1n) is 11.5. The Morgan fingerprint density at radius 2 is 1.64 bits per heavy atom. The summed E-state index contributed by atoms with van der Waals surface area (Å²) in [5.41, 5.74) is 1.63. The molecule has 2 aliphatic rings. The number of anilines is 1. The molecule has 178 valence electrons. The van der Waals surface area contributed by atoms with E-state index in [2.05, 4.69) is 39.4 Å². The van der Waals surface area contributed by atoms with Crippen molar-refractivity contribution in [1.29, 1.82) is 0 Å². The van der Waals surface area contributed by atoms with Crippen LogP contribution in [0.3, 0.4) is 0 Å². The minimum atomic E-state index is -3.62. The van der Waals surface area contributed by atoms with Crippen molar-refractivity contribution in [3.05, 3.63) is 60.2 Å². The second-order valence-corrected chi connectivity index (χ2v) is 10.3. The van der Waals surface area contributed by atoms with Gasteiger partial charge in [-0.1, -0.05) is 24.3 Å². The number of nitrogens with one attached hydrogen (secondary N) is 1. The van der Waals surface area contributed by atoms with Crippen molar-refractivity contribution in [1.82, 2.24) is 14.5 Å². The largest absolute Gasteiger partial charge is 0.379 e. The number of carbonyl (C=O) groups is 1. The molecular weight excluding hydrogens is 440 g/mol. The summed E-state index contributed by atoms with van der Waals surface area (Å²) in [5, 5.41) is 2.93. The van der Waals surface area contributed by atoms with E-state index in [1.807, 2.05) is 6.07 Å². The highest BCUT2D eigenvalue weighted by molar-refractivity contribution is 7.89. The molecular formula is C24H32N4O4S. The third-order valence-corrected chi connectivity index (χ3v) is 8.03. The third kappa shape index (κ3) is 6.11. The molecule has 0 saturated carbocycles. The molecule has 0 spiro atoms. The molecule has 0 bridgehead atoms. The number of hydrogen-bond donors (Lipinski definition) is 1. The SMILES string of the molecule is O=C(NCCCN1CCN(c2ccccc2)CC1)c1cccc(S(=O)(=O)N2CCOCC2)c1. The number of sulfonamides is 1. The van der Waals surface area contributed by atoms with Gasteiger partial charge in [-0.15, -0.1) is 0 Å². The second-order valence-electron chi connectivity index (χ2n) is 8.32. The van der Waals surface area contributed by atoms with Gasteiger partial charge in [-0.25, -0.2) is 8.42 Å². The van der Waals surface area contributed by atoms with Crippen LogP contribution >= 0.6 is 0 Å². The molecule has 2 aromatic rings. The standard InChI is InChI=1S/C24H32N4O4S/c29-24(21-6-4-9-23(20-21)33(30,31)28-16-18-32-19-17-28)25-10-5-11-26-12-14-27(15-13-26)22-7-2-1-3-8-22/h1-4,6-9,20H,5,10-19H2,(H,25,29). The maximum atomic E-state index is 12.8. The minimum absolute atomic E-state index is 0.147. The fourth-order valence-corrected chi connectivity index (χ4v) is 5.66. The van der Waals surface area contributed by atoms with E-state index in [9.17, 15) is 13.2 Å². The number of benzene rings is 2. The Labute approximate surface area is 196 Å². The molecule has 0 aromatic heterocycles. The molecule has 0 unspecified atom stereocenters. The molecule has 2 heterocycles. The van der Waals surface area contributed by atoms with Crippen molar-refractivity contribution >= 4 is 21.6 Å². The Bertz CT molecular complexity index is 1020. The van der Waals surface area contributed by atoms with Gasteiger partial charge >= 0.3 is 0 Å². The Morgan fingerprint density at radius 1 is 0.909 bits per heavy atom. The number of nitrogens with zero attached hydrogens (tertiary/aromatic N) is 3. The number of piperazine rings is 1. The first-order valence-corrected chi connectivity index (χ1v) is 13.0. The predicted molar refractivity (Wildman–Crippen MR) is 128 cm³/mol. The van der Waals surface area contributed by atoms with E-state index in [4.69, 9.17) is 4.74 Å². The number of ether oxygens (including phenoxy) is 1. The number of para-hydroxylation sites is 1. The molecule has 33 heavy (non-hydrogen) atoms. The van der Waals surface area contributed by atoms with E-state index in [-0.39, 0.29) is 10.8 Å². The Hall–Kier alpha value is -2.46. The van der Waals surface area contributed by atoms with Crippen molar-refractivity contribution in [2.45, 2.75) is 11.3 Å². The zero-order valence-electron chi connectivity index (χ0n) is 18.9. The smallest absolute Gasteiger partial charge is 0.251 e. The van der Waals surface area contributed by atoms with E-state index in [1.165, 1.54) is 22.1 Å². The average Bonchev–Trinajstić information content (AvgIpc) is 2.88. The summed E-state index contributed by atoms with van der Waals surface area (Å²) in [6.07, 6.45) is 0.850. The summed E-state index contributed by atoms with van der Waals surface area (Å²) in [5.74, 6) is -0.247. The van der Waals surface area contributed by atoms with Crippen LogP contribution in [-0.4, -0.2) is 89.1 Å². The summed E-state index contributed by atoms with van der Waals surface area (Å²) in [7, 11) is -3.62. The number of rotatable bonds is 8. The van der Waals surface area contributed by atoms with Crippen LogP contribution in [0, 0.1) is 0 Å². The molecule has 1 amide bonds. The Balaban J connectivity index is 1.22. The average molecular weight is 473 g/mol. The topological polar surface area (TPSA) is 82.2 Å². The van der Waals surface area contributed by atoms with E-state index in [1.54, 1.807) is 12.1 Å². The van der Waals surface area contributed by atoms with Gasteiger partial charge in [0.05, 0.1) is 18.1 Å². The first kappa shape index (κ1) is 23.7. The molecule has 1 N–H and O–H groups in total. The molecule has 0 aliphatic carbocycles. The molecule has 2 aromatic carbocycles. The van der Waals surface area contributed by atoms with Crippen molar-refractivity contribution < 1.29 is 17.9 Å². The van der Waals surface area contributed by atoms with E-state index in [0.717, 1.165) is 39.1 Å². The van der Waals surface area contributed by atoms with Crippen LogP contribution in [0.4, 0.5) is 5.69 Å². The van der Waals surface area contributed by atoms with Gasteiger partial charge in [0.25, 0.3) is 5.91 Å². The van der Waals surface area contributed by atoms with Crippen molar-refractivity contribution in [3.8, 4) is 0 Å². The summed E-state index contributed by atoms with van der Waals surface area (Å²) in [4.78, 5) is 17.6. The normalized spacial score (nSPS) is 18.2. The van der Waals surface area contributed by atoms with Crippen molar-refractivity contribution in [2.75, 3.05) is 70.5 Å². The lowest BCUT2D eigenvalue weighted by Gasteiger charge is -2.36.